The fourth-order valence-electron chi connectivity index (χ4n) is 1.95. The van der Waals surface area contributed by atoms with Crippen LogP contribution in [0.15, 0.2) is 51.6 Å². The number of aromatic nitrogens is 4. The van der Waals surface area contributed by atoms with Crippen LogP contribution in [0, 0.1) is 18.3 Å². The van der Waals surface area contributed by atoms with Gasteiger partial charge >= 0.3 is 0 Å². The highest BCUT2D eigenvalue weighted by Crippen LogP contribution is 2.19. The van der Waals surface area contributed by atoms with Crippen molar-refractivity contribution in [1.82, 2.24) is 20.0 Å². The molecule has 8 heteroatoms. The molecule has 1 aromatic carbocycles. The summed E-state index contributed by atoms with van der Waals surface area (Å²) in [5, 5.41) is 25.9. The van der Waals surface area contributed by atoms with Gasteiger partial charge < -0.3 is 0 Å². The number of nitriles is 1. The lowest BCUT2D eigenvalue weighted by Gasteiger charge is -1.99. The zero-order valence-corrected chi connectivity index (χ0v) is 11.6. The minimum Gasteiger partial charge on any atom is -0.293 e. The van der Waals surface area contributed by atoms with Crippen molar-refractivity contribution in [1.29, 1.82) is 5.26 Å². The average molecular weight is 293 g/mol. The molecule has 0 bridgehead atoms. The number of hydrogen-bond donors (Lipinski definition) is 2. The molecule has 0 amide bonds. The van der Waals surface area contributed by atoms with Gasteiger partial charge in [-0.1, -0.05) is 18.2 Å². The maximum atomic E-state index is 12.4. The van der Waals surface area contributed by atoms with Gasteiger partial charge in [-0.3, -0.25) is 15.0 Å². The van der Waals surface area contributed by atoms with Crippen LogP contribution < -0.4 is 5.56 Å². The molecule has 0 atom stereocenters. The number of azo groups is 1. The number of H-pyrrole nitrogens is 2. The molecule has 0 aliphatic heterocycles. The third-order valence-electron chi connectivity index (χ3n) is 3.04. The first kappa shape index (κ1) is 13.5. The molecule has 8 nitrogen and oxygen atoms in total. The number of para-hydroxylation sites is 1. The van der Waals surface area contributed by atoms with Crippen LogP contribution in [0.1, 0.15) is 11.3 Å². The molecular formula is C14H11N7O. The summed E-state index contributed by atoms with van der Waals surface area (Å²) in [4.78, 5) is 12.4. The van der Waals surface area contributed by atoms with Gasteiger partial charge in [0.15, 0.2) is 11.5 Å². The Morgan fingerprint density at radius 3 is 2.77 bits per heavy atom. The number of nitrogens with one attached hydrogen (secondary N) is 2. The molecule has 0 unspecified atom stereocenters. The molecule has 0 saturated carbocycles. The van der Waals surface area contributed by atoms with E-state index >= 15 is 0 Å². The second kappa shape index (κ2) is 5.49. The summed E-state index contributed by atoms with van der Waals surface area (Å²) in [6, 6.07) is 11.1. The van der Waals surface area contributed by atoms with E-state index in [-0.39, 0.29) is 22.6 Å². The zero-order chi connectivity index (χ0) is 15.5. The predicted octanol–water partition coefficient (Wildman–Crippen LogP) is 2.48. The van der Waals surface area contributed by atoms with Crippen molar-refractivity contribution in [2.45, 2.75) is 6.92 Å². The maximum Gasteiger partial charge on any atom is 0.299 e. The largest absolute Gasteiger partial charge is 0.299 e. The van der Waals surface area contributed by atoms with E-state index in [2.05, 4.69) is 25.5 Å². The Kier molecular flexibility index (Phi) is 3.37. The van der Waals surface area contributed by atoms with Gasteiger partial charge in [-0.25, -0.2) is 4.68 Å². The van der Waals surface area contributed by atoms with Gasteiger partial charge in [-0.2, -0.15) is 10.4 Å². The van der Waals surface area contributed by atoms with Crippen molar-refractivity contribution >= 4 is 11.5 Å². The Morgan fingerprint density at radius 1 is 1.27 bits per heavy atom. The molecule has 3 rings (SSSR count). The topological polar surface area (TPSA) is 115 Å². The SMILES string of the molecule is Cc1[nH]n(-c2ccccc2)c(=O)c1N=Nc1[nH]ncc1C#N. The molecule has 22 heavy (non-hydrogen) atoms. The van der Waals surface area contributed by atoms with E-state index in [0.717, 1.165) is 0 Å². The number of aryl methyl sites for hydroxylation is 1. The lowest BCUT2D eigenvalue weighted by atomic mass is 10.3. The van der Waals surface area contributed by atoms with E-state index in [1.807, 2.05) is 24.3 Å². The lowest BCUT2D eigenvalue weighted by Crippen LogP contribution is -2.13. The maximum absolute atomic E-state index is 12.4. The van der Waals surface area contributed by atoms with Crippen LogP contribution in [0.2, 0.25) is 0 Å². The molecule has 2 N–H and O–H groups in total. The highest BCUT2D eigenvalue weighted by Gasteiger charge is 2.12. The molecule has 0 aliphatic rings. The summed E-state index contributed by atoms with van der Waals surface area (Å²) < 4.78 is 1.39. The monoisotopic (exact) mass is 293 g/mol. The third-order valence-corrected chi connectivity index (χ3v) is 3.04. The molecule has 0 saturated heterocycles. The molecule has 3 aromatic rings. The lowest BCUT2D eigenvalue weighted by molar-refractivity contribution is 0.835. The molecule has 0 aliphatic carbocycles. The third kappa shape index (κ3) is 2.31. The van der Waals surface area contributed by atoms with Crippen LogP contribution in [-0.2, 0) is 0 Å². The van der Waals surface area contributed by atoms with Crippen LogP contribution in [0.25, 0.3) is 5.69 Å². The van der Waals surface area contributed by atoms with Gasteiger partial charge in [0, 0.05) is 0 Å². The smallest absolute Gasteiger partial charge is 0.293 e. The van der Waals surface area contributed by atoms with Crippen molar-refractivity contribution in [3.63, 3.8) is 0 Å². The Hall–Kier alpha value is -3.47. The van der Waals surface area contributed by atoms with Crippen LogP contribution >= 0.6 is 0 Å². The summed E-state index contributed by atoms with van der Waals surface area (Å²) in [7, 11) is 0. The number of hydrogen-bond acceptors (Lipinski definition) is 5. The van der Waals surface area contributed by atoms with Crippen molar-refractivity contribution in [3.05, 3.63) is 58.1 Å². The van der Waals surface area contributed by atoms with E-state index in [0.29, 0.717) is 11.4 Å². The predicted molar refractivity (Wildman–Crippen MR) is 78.6 cm³/mol. The van der Waals surface area contributed by atoms with Gasteiger partial charge in [0.05, 0.1) is 17.6 Å². The summed E-state index contributed by atoms with van der Waals surface area (Å²) in [6.45, 7) is 1.73. The molecule has 2 aromatic heterocycles. The molecule has 0 radical (unpaired) electrons. The van der Waals surface area contributed by atoms with Gasteiger partial charge in [0.2, 0.25) is 0 Å². The summed E-state index contributed by atoms with van der Waals surface area (Å²) in [5.41, 5.74) is 1.42. The van der Waals surface area contributed by atoms with Gasteiger partial charge in [-0.15, -0.1) is 10.2 Å². The highest BCUT2D eigenvalue weighted by atomic mass is 16.1. The number of nitrogens with zero attached hydrogens (tertiary/aromatic N) is 5. The number of benzene rings is 1. The molecule has 0 spiro atoms. The Morgan fingerprint density at radius 2 is 2.05 bits per heavy atom. The average Bonchev–Trinajstić information content (AvgIpc) is 3.11. The minimum atomic E-state index is -0.314. The molecular weight excluding hydrogens is 282 g/mol. The first-order valence-electron chi connectivity index (χ1n) is 6.43. The van der Waals surface area contributed by atoms with Crippen molar-refractivity contribution in [2.24, 2.45) is 10.2 Å². The number of aromatic amines is 2. The fraction of sp³-hybridized carbons (Fsp3) is 0.0714. The standard InChI is InChI=1S/C14H11N7O/c1-9-12(17-19-13-10(7-15)8-16-18-13)14(22)21(20-9)11-5-3-2-4-6-11/h2-6,8,20H,1H3,(H,16,18). The van der Waals surface area contributed by atoms with E-state index < -0.39 is 0 Å². The highest BCUT2D eigenvalue weighted by molar-refractivity contribution is 5.47. The quantitative estimate of drug-likeness (QED) is 0.722. The second-order valence-electron chi connectivity index (χ2n) is 4.51. The Bertz CT molecular complexity index is 924. The minimum absolute atomic E-state index is 0.183. The van der Waals surface area contributed by atoms with E-state index in [1.54, 1.807) is 19.1 Å². The first-order valence-corrected chi connectivity index (χ1v) is 6.43. The molecule has 108 valence electrons. The van der Waals surface area contributed by atoms with Crippen LogP contribution in [0.3, 0.4) is 0 Å². The second-order valence-corrected chi connectivity index (χ2v) is 4.51. The van der Waals surface area contributed by atoms with Crippen molar-refractivity contribution < 1.29 is 0 Å². The summed E-state index contributed by atoms with van der Waals surface area (Å²) in [6.07, 6.45) is 1.35. The van der Waals surface area contributed by atoms with Gasteiger partial charge in [-0.05, 0) is 19.1 Å². The normalized spacial score (nSPS) is 10.9. The van der Waals surface area contributed by atoms with E-state index in [1.165, 1.54) is 10.9 Å². The molecule has 2 heterocycles. The Labute approximate surface area is 124 Å². The van der Waals surface area contributed by atoms with Gasteiger partial charge in [0.25, 0.3) is 5.56 Å². The van der Waals surface area contributed by atoms with E-state index in [9.17, 15) is 4.79 Å². The van der Waals surface area contributed by atoms with E-state index in [4.69, 9.17) is 5.26 Å². The first-order chi connectivity index (χ1) is 10.7. The Balaban J connectivity index is 2.01. The van der Waals surface area contributed by atoms with Gasteiger partial charge in [0.1, 0.15) is 11.6 Å². The van der Waals surface area contributed by atoms with Crippen molar-refractivity contribution in [3.8, 4) is 11.8 Å². The fourth-order valence-corrected chi connectivity index (χ4v) is 1.95. The van der Waals surface area contributed by atoms with Crippen LogP contribution in [-0.4, -0.2) is 20.0 Å². The number of rotatable bonds is 3. The van der Waals surface area contributed by atoms with Crippen LogP contribution in [0.4, 0.5) is 11.5 Å². The van der Waals surface area contributed by atoms with Crippen molar-refractivity contribution in [2.75, 3.05) is 0 Å². The summed E-state index contributed by atoms with van der Waals surface area (Å²) in [5.74, 6) is 0.216. The summed E-state index contributed by atoms with van der Waals surface area (Å²) >= 11 is 0. The zero-order valence-electron chi connectivity index (χ0n) is 11.6. The molecule has 0 fully saturated rings. The van der Waals surface area contributed by atoms with Crippen LogP contribution in [0.5, 0.6) is 0 Å².